The molecule has 0 radical (unpaired) electrons. The van der Waals surface area contributed by atoms with Crippen molar-refractivity contribution in [3.8, 4) is 0 Å². The molecule has 0 spiro atoms. The zero-order valence-electron chi connectivity index (χ0n) is 11.2. The van der Waals surface area contributed by atoms with Gasteiger partial charge in [-0.2, -0.15) is 0 Å². The Hall–Kier alpha value is -1.35. The van der Waals surface area contributed by atoms with Crippen LogP contribution in [0.1, 0.15) is 30.0 Å². The summed E-state index contributed by atoms with van der Waals surface area (Å²) in [6.07, 6.45) is 2.24. The van der Waals surface area contributed by atoms with Gasteiger partial charge in [0.05, 0.1) is 0 Å². The maximum Gasteiger partial charge on any atom is -1.00 e. The second-order valence-electron chi connectivity index (χ2n) is 4.05. The van der Waals surface area contributed by atoms with Gasteiger partial charge >= 0.3 is 34.8 Å². The molecule has 1 rings (SSSR count). The summed E-state index contributed by atoms with van der Waals surface area (Å²) < 4.78 is 49.2. The molecule has 0 unspecified atom stereocenters. The van der Waals surface area contributed by atoms with Crippen LogP contribution >= 0.6 is 8.16 Å². The second kappa shape index (κ2) is 7.44. The zero-order chi connectivity index (χ0) is 15.3. The van der Waals surface area contributed by atoms with Gasteiger partial charge in [0, 0.05) is 11.6 Å². The van der Waals surface area contributed by atoms with Crippen molar-refractivity contribution in [1.29, 1.82) is 5.39 Å². The van der Waals surface area contributed by atoms with Crippen LogP contribution < -0.4 is 4.70 Å². The van der Waals surface area contributed by atoms with Crippen LogP contribution in [0.2, 0.25) is 0 Å². The minimum atomic E-state index is -8.55. The molecular weight excluding hydrogens is 305 g/mol. The Labute approximate surface area is 113 Å². The number of rotatable bonds is 2. The molecule has 0 bridgehead atoms. The van der Waals surface area contributed by atoms with Crippen molar-refractivity contribution in [2.45, 2.75) is 33.6 Å². The van der Waals surface area contributed by atoms with Gasteiger partial charge in [-0.25, -0.2) is 0 Å². The van der Waals surface area contributed by atoms with Crippen LogP contribution in [0, 0.1) is 19.2 Å². The molecule has 0 N–H and O–H groups in total. The summed E-state index contributed by atoms with van der Waals surface area (Å²) in [7, 11) is -8.55. The first kappa shape index (κ1) is 21.0. The largest absolute Gasteiger partial charge is 1.00 e. The van der Waals surface area contributed by atoms with E-state index >= 15 is 0 Å². The van der Waals surface area contributed by atoms with Gasteiger partial charge < -0.3 is 4.70 Å². The molecule has 1 aromatic carbocycles. The summed E-state index contributed by atoms with van der Waals surface area (Å²) in [6.45, 7) is 6.19. The van der Waals surface area contributed by atoms with Crippen LogP contribution in [0.15, 0.2) is 12.1 Å². The number of aryl methyl sites for hydroxylation is 3. The van der Waals surface area contributed by atoms with Crippen LogP contribution in [-0.4, -0.2) is 0 Å². The third kappa shape index (κ3) is 10.6. The maximum atomic E-state index is 9.84. The van der Waals surface area contributed by atoms with E-state index in [1.165, 1.54) is 11.1 Å². The molecule has 0 aliphatic heterocycles. The summed E-state index contributed by atoms with van der Waals surface area (Å²) >= 11 is 0. The molecule has 0 aliphatic carbocycles. The van der Waals surface area contributed by atoms with Gasteiger partial charge in [0.1, 0.15) is 0 Å². The molecular formula is C11H15F6N2P. The Bertz CT molecular complexity index is 473. The first-order valence-corrected chi connectivity index (χ1v) is 7.17. The van der Waals surface area contributed by atoms with Crippen molar-refractivity contribution in [3.05, 3.63) is 33.8 Å². The van der Waals surface area contributed by atoms with Crippen molar-refractivity contribution in [2.24, 2.45) is 0 Å². The number of nitrogens with zero attached hydrogens (tertiary/aromatic N) is 2. The summed E-state index contributed by atoms with van der Waals surface area (Å²) in [5, 5.41) is 8.69. The average Bonchev–Trinajstić information content (AvgIpc) is 2.19. The maximum absolute atomic E-state index is 9.84. The van der Waals surface area contributed by atoms with Gasteiger partial charge in [0.2, 0.25) is 5.39 Å². The normalized spacial score (nSPS) is 12.1. The number of diazo groups is 1. The number of hydrogen-bond acceptors (Lipinski definition) is 1. The third-order valence-electron chi connectivity index (χ3n) is 2.28. The Morgan fingerprint density at radius 2 is 1.50 bits per heavy atom. The van der Waals surface area contributed by atoms with Gasteiger partial charge in [0.25, 0.3) is 0 Å². The fourth-order valence-corrected chi connectivity index (χ4v) is 1.51. The minimum absolute atomic E-state index is 0. The molecule has 0 aliphatic rings. The molecule has 2 nitrogen and oxygen atoms in total. The van der Waals surface area contributed by atoms with Gasteiger partial charge in [-0.15, -0.1) is 0 Å². The number of hydrogen-bond donors (Lipinski definition) is 0. The number of halogens is 6. The van der Waals surface area contributed by atoms with E-state index in [4.69, 9.17) is 5.39 Å². The third-order valence-corrected chi connectivity index (χ3v) is 2.28. The first-order valence-electron chi connectivity index (χ1n) is 5.48. The zero-order valence-corrected chi connectivity index (χ0v) is 12.1. The SMILES string of the molecule is CCCc1cc(C)c([N+]#N)cc1C.FP(F)(F)(F)F.[F-]. The van der Waals surface area contributed by atoms with Crippen molar-refractivity contribution >= 4 is 13.8 Å². The molecule has 0 amide bonds. The van der Waals surface area contributed by atoms with E-state index in [2.05, 4.69) is 24.9 Å². The van der Waals surface area contributed by atoms with E-state index in [0.717, 1.165) is 18.4 Å². The molecule has 0 saturated carbocycles. The summed E-state index contributed by atoms with van der Waals surface area (Å²) in [6, 6.07) is 4.04. The summed E-state index contributed by atoms with van der Waals surface area (Å²) in [5.74, 6) is 0. The van der Waals surface area contributed by atoms with Crippen LogP contribution in [0.5, 0.6) is 0 Å². The van der Waals surface area contributed by atoms with Crippen LogP contribution in [0.25, 0.3) is 4.98 Å². The van der Waals surface area contributed by atoms with Crippen molar-refractivity contribution in [3.63, 3.8) is 0 Å². The molecule has 0 atom stereocenters. The standard InChI is InChI=1S/C11H15N2.F5P.FH/c1-4-5-10-6-9(3)11(13-12)7-8(10)2;1-6(2,3,4)5;/h6-7H,4-5H2,1-3H3;;1H/q+1;;/p-1. The quantitative estimate of drug-likeness (QED) is 0.464. The summed E-state index contributed by atoms with van der Waals surface area (Å²) in [5.41, 5.74) is 4.28. The molecule has 0 fully saturated rings. The molecule has 0 saturated heterocycles. The average molecular weight is 320 g/mol. The van der Waals surface area contributed by atoms with E-state index < -0.39 is 8.16 Å². The van der Waals surface area contributed by atoms with Crippen LogP contribution in [-0.2, 0) is 6.42 Å². The summed E-state index contributed by atoms with van der Waals surface area (Å²) in [4.78, 5) is 3.23. The minimum Gasteiger partial charge on any atom is -1.00 e. The monoisotopic (exact) mass is 320 g/mol. The molecule has 0 aromatic heterocycles. The van der Waals surface area contributed by atoms with Crippen molar-refractivity contribution in [1.82, 2.24) is 0 Å². The molecule has 20 heavy (non-hydrogen) atoms. The van der Waals surface area contributed by atoms with Gasteiger partial charge in [-0.1, -0.05) is 13.3 Å². The van der Waals surface area contributed by atoms with E-state index in [1.54, 1.807) is 0 Å². The first-order chi connectivity index (χ1) is 8.42. The van der Waals surface area contributed by atoms with E-state index in [-0.39, 0.29) is 4.70 Å². The molecule has 116 valence electrons. The van der Waals surface area contributed by atoms with Crippen LogP contribution in [0.3, 0.4) is 0 Å². The second-order valence-corrected chi connectivity index (χ2v) is 5.33. The Morgan fingerprint density at radius 3 is 1.85 bits per heavy atom. The molecule has 9 heteroatoms. The van der Waals surface area contributed by atoms with Crippen molar-refractivity contribution < 1.29 is 25.7 Å². The predicted octanol–water partition coefficient (Wildman–Crippen LogP) is 3.71. The van der Waals surface area contributed by atoms with Crippen molar-refractivity contribution in [2.75, 3.05) is 0 Å². The Morgan fingerprint density at radius 1 is 1.05 bits per heavy atom. The predicted molar refractivity (Wildman–Crippen MR) is 67.1 cm³/mol. The van der Waals surface area contributed by atoms with E-state index in [1.807, 2.05) is 13.0 Å². The molecule has 0 heterocycles. The topological polar surface area (TPSA) is 28.1 Å². The molecule has 1 aromatic rings. The van der Waals surface area contributed by atoms with Gasteiger partial charge in [-0.05, 0) is 37.5 Å². The van der Waals surface area contributed by atoms with Gasteiger partial charge in [-0.3, -0.25) is 0 Å². The van der Waals surface area contributed by atoms with E-state index in [9.17, 15) is 21.0 Å². The van der Waals surface area contributed by atoms with Gasteiger partial charge in [0.15, 0.2) is 4.98 Å². The Balaban J connectivity index is 0. The fraction of sp³-hybridized carbons (Fsp3) is 0.455. The van der Waals surface area contributed by atoms with E-state index in [0.29, 0.717) is 5.69 Å². The van der Waals surface area contributed by atoms with Crippen LogP contribution in [0.4, 0.5) is 26.7 Å². The fourth-order valence-electron chi connectivity index (χ4n) is 1.51. The Kier molecular flexibility index (Phi) is 7.79. The number of benzene rings is 1. The smallest absolute Gasteiger partial charge is 1.00 e.